The average molecular weight is 302 g/mol. The summed E-state index contributed by atoms with van der Waals surface area (Å²) in [5.41, 5.74) is 0.892. The minimum Gasteiger partial charge on any atom is -0.466 e. The summed E-state index contributed by atoms with van der Waals surface area (Å²) in [6, 6.07) is 9.15. The summed E-state index contributed by atoms with van der Waals surface area (Å²) >= 11 is 0. The molecule has 0 bridgehead atoms. The Bertz CT molecular complexity index is 599. The molecule has 0 saturated carbocycles. The third kappa shape index (κ3) is 5.01. The molecule has 0 fully saturated rings. The molecule has 1 atom stereocenters. The fraction of sp³-hybridized carbons (Fsp3) is 0.235. The summed E-state index contributed by atoms with van der Waals surface area (Å²) in [5.74, 6) is -2.04. The number of benzene rings is 1. The highest BCUT2D eigenvalue weighted by Crippen LogP contribution is 2.20. The first-order valence-corrected chi connectivity index (χ1v) is 6.64. The smallest absolute Gasteiger partial charge is 0.331 e. The highest BCUT2D eigenvalue weighted by molar-refractivity contribution is 6.07. The predicted octanol–water partition coefficient (Wildman–Crippen LogP) is 2.19. The molecule has 116 valence electrons. The largest absolute Gasteiger partial charge is 0.466 e. The van der Waals surface area contributed by atoms with E-state index >= 15 is 0 Å². The Balaban J connectivity index is 3.07. The number of rotatable bonds is 6. The van der Waals surface area contributed by atoms with Gasteiger partial charge in [0.25, 0.3) is 0 Å². The number of esters is 2. The Hall–Kier alpha value is -2.69. The van der Waals surface area contributed by atoms with Crippen molar-refractivity contribution in [2.24, 2.45) is 0 Å². The molecule has 0 radical (unpaired) electrons. The zero-order valence-corrected chi connectivity index (χ0v) is 12.7. The number of hydrogen-bond donors (Lipinski definition) is 0. The summed E-state index contributed by atoms with van der Waals surface area (Å²) in [7, 11) is 2.44. The number of carbonyl (C=O) groups is 3. The van der Waals surface area contributed by atoms with Crippen LogP contribution in [0.15, 0.2) is 54.1 Å². The van der Waals surface area contributed by atoms with Crippen molar-refractivity contribution >= 4 is 17.7 Å². The van der Waals surface area contributed by atoms with Gasteiger partial charge in [0.2, 0.25) is 0 Å². The second kappa shape index (κ2) is 8.56. The molecule has 0 saturated heterocycles. The maximum Gasteiger partial charge on any atom is 0.331 e. The Morgan fingerprint density at radius 1 is 0.955 bits per heavy atom. The van der Waals surface area contributed by atoms with Crippen molar-refractivity contribution in [3.8, 4) is 0 Å². The molecular formula is C17H18O5. The second-order valence-electron chi connectivity index (χ2n) is 4.48. The van der Waals surface area contributed by atoms with E-state index in [9.17, 15) is 14.4 Å². The molecule has 1 aromatic carbocycles. The lowest BCUT2D eigenvalue weighted by Gasteiger charge is -2.11. The van der Waals surface area contributed by atoms with Crippen molar-refractivity contribution in [2.75, 3.05) is 14.2 Å². The number of hydrogen-bond acceptors (Lipinski definition) is 5. The van der Waals surface area contributed by atoms with Gasteiger partial charge in [-0.25, -0.2) is 9.59 Å². The molecular weight excluding hydrogens is 284 g/mol. The quantitative estimate of drug-likeness (QED) is 0.458. The van der Waals surface area contributed by atoms with Crippen LogP contribution in [0.4, 0.5) is 0 Å². The number of ketones is 1. The van der Waals surface area contributed by atoms with Crippen LogP contribution < -0.4 is 0 Å². The molecule has 5 nitrogen and oxygen atoms in total. The van der Waals surface area contributed by atoms with Crippen molar-refractivity contribution < 1.29 is 23.9 Å². The SMILES string of the molecule is COC(=O)/C=C\C(=C/C(=O)OC)C(=O)C(C)c1ccccc1. The molecule has 0 N–H and O–H groups in total. The minimum absolute atomic E-state index is 0.0774. The Labute approximate surface area is 129 Å². The van der Waals surface area contributed by atoms with Crippen LogP contribution in [0.5, 0.6) is 0 Å². The van der Waals surface area contributed by atoms with E-state index in [1.54, 1.807) is 6.92 Å². The Kier molecular flexibility index (Phi) is 6.76. The summed E-state index contributed by atoms with van der Waals surface area (Å²) in [4.78, 5) is 35.1. The normalized spacial score (nSPS) is 12.8. The van der Waals surface area contributed by atoms with Gasteiger partial charge in [-0.15, -0.1) is 0 Å². The molecule has 0 spiro atoms. The van der Waals surface area contributed by atoms with E-state index in [0.717, 1.165) is 17.7 Å². The van der Waals surface area contributed by atoms with Crippen molar-refractivity contribution in [1.29, 1.82) is 0 Å². The van der Waals surface area contributed by atoms with Crippen LogP contribution in [0.3, 0.4) is 0 Å². The average Bonchev–Trinajstić information content (AvgIpc) is 2.57. The van der Waals surface area contributed by atoms with Gasteiger partial charge >= 0.3 is 11.9 Å². The highest BCUT2D eigenvalue weighted by Gasteiger charge is 2.19. The first-order chi connectivity index (χ1) is 10.5. The molecule has 0 aliphatic carbocycles. The number of ether oxygens (including phenoxy) is 2. The molecule has 0 amide bonds. The van der Waals surface area contributed by atoms with Gasteiger partial charge in [-0.05, 0) is 11.6 Å². The van der Waals surface area contributed by atoms with Crippen molar-refractivity contribution in [3.63, 3.8) is 0 Å². The van der Waals surface area contributed by atoms with Gasteiger partial charge < -0.3 is 9.47 Å². The number of carbonyl (C=O) groups excluding carboxylic acids is 3. The summed E-state index contributed by atoms with van der Waals surface area (Å²) < 4.78 is 9.01. The zero-order valence-electron chi connectivity index (χ0n) is 12.7. The van der Waals surface area contributed by atoms with Gasteiger partial charge in [0.15, 0.2) is 5.78 Å². The molecule has 0 aliphatic heterocycles. The van der Waals surface area contributed by atoms with E-state index in [2.05, 4.69) is 9.47 Å². The summed E-state index contributed by atoms with van der Waals surface area (Å²) in [5, 5.41) is 0. The lowest BCUT2D eigenvalue weighted by atomic mass is 9.92. The molecule has 0 aromatic heterocycles. The van der Waals surface area contributed by atoms with Gasteiger partial charge in [-0.2, -0.15) is 0 Å². The molecule has 1 rings (SSSR count). The van der Waals surface area contributed by atoms with Crippen LogP contribution in [0.1, 0.15) is 18.4 Å². The standard InChI is InChI=1S/C17H18O5/c1-12(13-7-5-4-6-8-13)17(20)14(11-16(19)22-3)9-10-15(18)21-2/h4-12H,1-3H3/b10-9-,14-11+. The fourth-order valence-electron chi connectivity index (χ4n) is 1.76. The highest BCUT2D eigenvalue weighted by atomic mass is 16.5. The van der Waals surface area contributed by atoms with Gasteiger partial charge in [0.1, 0.15) is 0 Å². The maximum atomic E-state index is 12.5. The van der Waals surface area contributed by atoms with Crippen LogP contribution in [0.2, 0.25) is 0 Å². The van der Waals surface area contributed by atoms with Gasteiger partial charge in [-0.1, -0.05) is 37.3 Å². The number of Topliss-reactive ketones (excluding diaryl/α,β-unsaturated/α-hetero) is 1. The third-order valence-electron chi connectivity index (χ3n) is 3.05. The van der Waals surface area contributed by atoms with Crippen LogP contribution in [-0.2, 0) is 23.9 Å². The third-order valence-corrected chi connectivity index (χ3v) is 3.05. The first-order valence-electron chi connectivity index (χ1n) is 6.64. The van der Waals surface area contributed by atoms with Crippen LogP contribution in [-0.4, -0.2) is 31.9 Å². The van der Waals surface area contributed by atoms with Crippen molar-refractivity contribution in [1.82, 2.24) is 0 Å². The van der Waals surface area contributed by atoms with E-state index < -0.39 is 17.9 Å². The van der Waals surface area contributed by atoms with Crippen molar-refractivity contribution in [3.05, 3.63) is 59.7 Å². The summed E-state index contributed by atoms with van der Waals surface area (Å²) in [6.07, 6.45) is 3.40. The van der Waals surface area contributed by atoms with Gasteiger partial charge in [-0.3, -0.25) is 4.79 Å². The first kappa shape index (κ1) is 17.4. The van der Waals surface area contributed by atoms with Crippen molar-refractivity contribution in [2.45, 2.75) is 12.8 Å². The predicted molar refractivity (Wildman–Crippen MR) is 81.1 cm³/mol. The van der Waals surface area contributed by atoms with E-state index in [-0.39, 0.29) is 11.4 Å². The molecule has 0 heterocycles. The molecule has 5 heteroatoms. The van der Waals surface area contributed by atoms with Gasteiger partial charge in [0.05, 0.1) is 14.2 Å². The number of methoxy groups -OCH3 is 2. The van der Waals surface area contributed by atoms with E-state index in [4.69, 9.17) is 0 Å². The van der Waals surface area contributed by atoms with Crippen LogP contribution in [0.25, 0.3) is 0 Å². The van der Waals surface area contributed by atoms with Crippen LogP contribution >= 0.6 is 0 Å². The van der Waals surface area contributed by atoms with E-state index in [1.165, 1.54) is 20.3 Å². The lowest BCUT2D eigenvalue weighted by molar-refractivity contribution is -0.136. The summed E-state index contributed by atoms with van der Waals surface area (Å²) in [6.45, 7) is 1.73. The maximum absolute atomic E-state index is 12.5. The topological polar surface area (TPSA) is 69.7 Å². The zero-order chi connectivity index (χ0) is 16.5. The van der Waals surface area contributed by atoms with Crippen LogP contribution in [0, 0.1) is 0 Å². The molecule has 22 heavy (non-hydrogen) atoms. The second-order valence-corrected chi connectivity index (χ2v) is 4.48. The lowest BCUT2D eigenvalue weighted by Crippen LogP contribution is -2.13. The van der Waals surface area contributed by atoms with E-state index in [1.807, 2.05) is 30.3 Å². The number of allylic oxidation sites excluding steroid dienone is 2. The Morgan fingerprint density at radius 2 is 1.55 bits per heavy atom. The molecule has 1 unspecified atom stereocenters. The Morgan fingerprint density at radius 3 is 2.09 bits per heavy atom. The van der Waals surface area contributed by atoms with Gasteiger partial charge in [0, 0.05) is 23.6 Å². The molecule has 1 aromatic rings. The monoisotopic (exact) mass is 302 g/mol. The fourth-order valence-corrected chi connectivity index (χ4v) is 1.76. The molecule has 0 aliphatic rings. The minimum atomic E-state index is -0.668. The van der Waals surface area contributed by atoms with E-state index in [0.29, 0.717) is 0 Å².